The smallest absolute Gasteiger partial charge is 0.375 e. The molecule has 0 aliphatic carbocycles. The van der Waals surface area contributed by atoms with E-state index in [1.54, 1.807) is 42.5 Å². The van der Waals surface area contributed by atoms with Crippen molar-refractivity contribution in [3.8, 4) is 11.1 Å². The molecule has 1 aromatic heterocycles. The summed E-state index contributed by atoms with van der Waals surface area (Å²) in [4.78, 5) is 26.9. The summed E-state index contributed by atoms with van der Waals surface area (Å²) in [6, 6.07) is 13.1. The van der Waals surface area contributed by atoms with Crippen molar-refractivity contribution >= 4 is 29.1 Å². The Hall–Kier alpha value is -3.10. The zero-order valence-corrected chi connectivity index (χ0v) is 17.4. The molecular weight excluding hydrogens is 433 g/mol. The van der Waals surface area contributed by atoms with Gasteiger partial charge in [0.25, 0.3) is 11.8 Å². The number of aryl methyl sites for hydroxylation is 1. The summed E-state index contributed by atoms with van der Waals surface area (Å²) in [6.07, 6.45) is -2.92. The maximum absolute atomic E-state index is 13.5. The maximum Gasteiger partial charge on any atom is 0.418 e. The lowest BCUT2D eigenvalue weighted by Crippen LogP contribution is -2.40. The molecule has 3 rings (SSSR count). The van der Waals surface area contributed by atoms with Gasteiger partial charge in [-0.3, -0.25) is 9.59 Å². The molecule has 0 aliphatic heterocycles. The van der Waals surface area contributed by atoms with Gasteiger partial charge in [-0.15, -0.1) is 0 Å². The number of hydrogen-bond acceptors (Lipinski definition) is 3. The second-order valence-corrected chi connectivity index (χ2v) is 7.18. The Bertz CT molecular complexity index is 1110. The number of benzene rings is 2. The van der Waals surface area contributed by atoms with Crippen LogP contribution in [0.5, 0.6) is 0 Å². The molecule has 3 aromatic rings. The number of nitrogens with zero attached hydrogens (tertiary/aromatic N) is 2. The van der Waals surface area contributed by atoms with Gasteiger partial charge in [0, 0.05) is 37.1 Å². The molecule has 0 aliphatic rings. The molecule has 2 aromatic carbocycles. The van der Waals surface area contributed by atoms with Crippen LogP contribution in [0.15, 0.2) is 60.9 Å². The topological polar surface area (TPSA) is 51.5 Å². The predicted octanol–water partition coefficient (Wildman–Crippen LogP) is 5.18. The summed E-state index contributed by atoms with van der Waals surface area (Å²) >= 11 is 5.94. The third kappa shape index (κ3) is 4.81. The Balaban J connectivity index is 2.18. The molecule has 0 atom stereocenters. The van der Waals surface area contributed by atoms with Crippen molar-refractivity contribution < 1.29 is 27.5 Å². The highest BCUT2D eigenvalue weighted by atomic mass is 35.5. The molecule has 162 valence electrons. The largest absolute Gasteiger partial charge is 0.418 e. The first kappa shape index (κ1) is 22.6. The number of para-hydroxylation sites is 1. The first-order valence-electron chi connectivity index (χ1n) is 9.08. The summed E-state index contributed by atoms with van der Waals surface area (Å²) in [5.74, 6) is -1.90. The molecule has 2 amide bonds. The lowest BCUT2D eigenvalue weighted by Gasteiger charge is -2.24. The number of hydrogen-bond donors (Lipinski definition) is 0. The minimum Gasteiger partial charge on any atom is -0.375 e. The molecule has 0 saturated carbocycles. The molecule has 0 bridgehead atoms. The Morgan fingerprint density at radius 3 is 2.32 bits per heavy atom. The summed E-state index contributed by atoms with van der Waals surface area (Å²) < 4.78 is 46.5. The van der Waals surface area contributed by atoms with Crippen molar-refractivity contribution in [3.63, 3.8) is 0 Å². The van der Waals surface area contributed by atoms with Gasteiger partial charge in [-0.05, 0) is 23.8 Å². The van der Waals surface area contributed by atoms with Crippen LogP contribution in [0.25, 0.3) is 11.1 Å². The number of methoxy groups -OCH3 is 1. The average molecular weight is 451 g/mol. The minimum absolute atomic E-state index is 0.133. The zero-order valence-electron chi connectivity index (χ0n) is 16.6. The van der Waals surface area contributed by atoms with Gasteiger partial charge in [-0.1, -0.05) is 41.9 Å². The van der Waals surface area contributed by atoms with Crippen molar-refractivity contribution in [2.24, 2.45) is 7.05 Å². The molecule has 0 radical (unpaired) electrons. The number of alkyl halides is 3. The van der Waals surface area contributed by atoms with Crippen LogP contribution in [0.1, 0.15) is 15.9 Å². The summed E-state index contributed by atoms with van der Waals surface area (Å²) in [5, 5.41) is 0.490. The Kier molecular flexibility index (Phi) is 6.52. The molecular formula is C22H18ClF3N2O3. The molecule has 1 heterocycles. The van der Waals surface area contributed by atoms with Crippen LogP contribution < -0.4 is 4.90 Å². The monoisotopic (exact) mass is 450 g/mol. The number of rotatable bonds is 5. The van der Waals surface area contributed by atoms with Crippen LogP contribution in [0.3, 0.4) is 0 Å². The van der Waals surface area contributed by atoms with Crippen molar-refractivity contribution in [2.75, 3.05) is 18.6 Å². The number of ether oxygens (including phenoxy) is 1. The fourth-order valence-corrected chi connectivity index (χ4v) is 3.31. The van der Waals surface area contributed by atoms with E-state index in [-0.39, 0.29) is 5.69 Å². The van der Waals surface area contributed by atoms with Crippen LogP contribution in [-0.4, -0.2) is 30.1 Å². The van der Waals surface area contributed by atoms with Crippen molar-refractivity contribution in [1.82, 2.24) is 4.57 Å². The molecule has 5 nitrogen and oxygen atoms in total. The number of halogens is 4. The van der Waals surface area contributed by atoms with Crippen LogP contribution in [0.4, 0.5) is 18.9 Å². The number of carbonyl (C=O) groups excluding carboxylic acids is 2. The van der Waals surface area contributed by atoms with Crippen LogP contribution >= 0.6 is 11.6 Å². The lowest BCUT2D eigenvalue weighted by molar-refractivity contribution is -0.138. The molecule has 0 unspecified atom stereocenters. The van der Waals surface area contributed by atoms with Gasteiger partial charge < -0.3 is 9.30 Å². The number of aromatic nitrogens is 1. The molecule has 9 heteroatoms. The molecule has 0 N–H and O–H groups in total. The van der Waals surface area contributed by atoms with E-state index in [2.05, 4.69) is 0 Å². The lowest BCUT2D eigenvalue weighted by atomic mass is 10.0. The van der Waals surface area contributed by atoms with Crippen LogP contribution in [0, 0.1) is 0 Å². The first-order valence-corrected chi connectivity index (χ1v) is 9.45. The second-order valence-electron chi connectivity index (χ2n) is 6.74. The molecule has 31 heavy (non-hydrogen) atoms. The second kappa shape index (κ2) is 8.95. The van der Waals surface area contributed by atoms with Gasteiger partial charge in [0.15, 0.2) is 0 Å². The van der Waals surface area contributed by atoms with Crippen molar-refractivity contribution in [2.45, 2.75) is 6.18 Å². The molecule has 0 spiro atoms. The van der Waals surface area contributed by atoms with E-state index in [0.717, 1.165) is 21.9 Å². The molecule has 0 fully saturated rings. The van der Waals surface area contributed by atoms with Gasteiger partial charge in [-0.2, -0.15) is 13.2 Å². The first-order chi connectivity index (χ1) is 14.6. The normalized spacial score (nSPS) is 11.4. The Morgan fingerprint density at radius 1 is 1.06 bits per heavy atom. The van der Waals surface area contributed by atoms with Gasteiger partial charge >= 0.3 is 6.18 Å². The third-order valence-corrected chi connectivity index (χ3v) is 4.76. The van der Waals surface area contributed by atoms with Crippen molar-refractivity contribution in [3.05, 3.63) is 77.1 Å². The van der Waals surface area contributed by atoms with Gasteiger partial charge in [0.05, 0.1) is 16.8 Å². The third-order valence-electron chi connectivity index (χ3n) is 4.51. The number of amides is 2. The Morgan fingerprint density at radius 2 is 1.71 bits per heavy atom. The average Bonchev–Trinajstić information content (AvgIpc) is 3.12. The van der Waals surface area contributed by atoms with E-state index >= 15 is 0 Å². The highest BCUT2D eigenvalue weighted by Gasteiger charge is 2.39. The Labute approximate surface area is 181 Å². The predicted molar refractivity (Wildman–Crippen MR) is 111 cm³/mol. The van der Waals surface area contributed by atoms with E-state index in [1.807, 2.05) is 0 Å². The van der Waals surface area contributed by atoms with E-state index in [0.29, 0.717) is 16.1 Å². The zero-order chi connectivity index (χ0) is 22.8. The van der Waals surface area contributed by atoms with E-state index in [9.17, 15) is 22.8 Å². The molecule has 0 saturated heterocycles. The highest BCUT2D eigenvalue weighted by Crippen LogP contribution is 2.36. The van der Waals surface area contributed by atoms with Crippen LogP contribution in [0.2, 0.25) is 5.02 Å². The summed E-state index contributed by atoms with van der Waals surface area (Å²) in [5.41, 5.74) is -0.521. The van der Waals surface area contributed by atoms with E-state index in [4.69, 9.17) is 16.3 Å². The maximum atomic E-state index is 13.5. The quantitative estimate of drug-likeness (QED) is 0.538. The minimum atomic E-state index is -4.77. The number of carbonyl (C=O) groups is 2. The highest BCUT2D eigenvalue weighted by molar-refractivity contribution is 6.30. The summed E-state index contributed by atoms with van der Waals surface area (Å²) in [6.45, 7) is -0.491. The van der Waals surface area contributed by atoms with Gasteiger partial charge in [-0.25, -0.2) is 4.90 Å². The number of anilines is 1. The standard InChI is InChI=1S/C22H18ClF3N2O3/c1-27-11-17(18(12-27)22(24,25)26)21(30)28(20(29)13-31-2)19-6-4-3-5-16(19)14-7-9-15(23)10-8-14/h3-12H,13H2,1-2H3. The fraction of sp³-hybridized carbons (Fsp3) is 0.182. The van der Waals surface area contributed by atoms with Gasteiger partial charge in [0.2, 0.25) is 0 Å². The van der Waals surface area contributed by atoms with Crippen molar-refractivity contribution in [1.29, 1.82) is 0 Å². The number of imide groups is 1. The summed E-state index contributed by atoms with van der Waals surface area (Å²) in [7, 11) is 2.63. The van der Waals surface area contributed by atoms with E-state index in [1.165, 1.54) is 20.2 Å². The SMILES string of the molecule is COCC(=O)N(C(=O)c1cn(C)cc1C(F)(F)F)c1ccccc1-c1ccc(Cl)cc1. The van der Waals surface area contributed by atoms with Crippen LogP contribution in [-0.2, 0) is 22.8 Å². The van der Waals surface area contributed by atoms with E-state index < -0.39 is 35.7 Å². The fourth-order valence-electron chi connectivity index (χ4n) is 3.19. The van der Waals surface area contributed by atoms with Gasteiger partial charge in [0.1, 0.15) is 6.61 Å².